The highest BCUT2D eigenvalue weighted by Crippen LogP contribution is 2.44. The Balaban J connectivity index is 2.05. The Morgan fingerprint density at radius 2 is 2.12 bits per heavy atom. The number of anilines is 1. The van der Waals surface area contributed by atoms with Crippen LogP contribution in [0.15, 0.2) is 23.2 Å². The summed E-state index contributed by atoms with van der Waals surface area (Å²) in [6.45, 7) is 2.75. The first-order chi connectivity index (χ1) is 11.3. The molecule has 0 radical (unpaired) electrons. The standard InChI is InChI=1S/C16H20FN3O4/c1-15(11-8-10(18)2-3-12(11)17)9-16(4-6-23-7-5-16)24-13(20-15)19-14(21)22/h2-3,8H,4-7,9,18H2,1H3,(H,19,20)(H,21,22). The van der Waals surface area contributed by atoms with Gasteiger partial charge < -0.3 is 20.3 Å². The molecule has 0 aromatic heterocycles. The monoisotopic (exact) mass is 337 g/mol. The molecule has 1 amide bonds. The number of carbonyl (C=O) groups is 1. The van der Waals surface area contributed by atoms with Gasteiger partial charge >= 0.3 is 6.09 Å². The van der Waals surface area contributed by atoms with Crippen LogP contribution in [-0.2, 0) is 15.0 Å². The van der Waals surface area contributed by atoms with Gasteiger partial charge in [-0.1, -0.05) is 0 Å². The van der Waals surface area contributed by atoms with Crippen LogP contribution in [0, 0.1) is 5.82 Å². The maximum absolute atomic E-state index is 14.4. The van der Waals surface area contributed by atoms with Crippen molar-refractivity contribution in [2.75, 3.05) is 18.9 Å². The molecule has 0 saturated carbocycles. The highest BCUT2D eigenvalue weighted by molar-refractivity contribution is 5.90. The minimum absolute atomic E-state index is 0.125. The van der Waals surface area contributed by atoms with Crippen molar-refractivity contribution in [1.29, 1.82) is 0 Å². The molecule has 0 aliphatic carbocycles. The number of benzene rings is 1. The minimum atomic E-state index is -1.28. The van der Waals surface area contributed by atoms with Crippen molar-refractivity contribution < 1.29 is 23.8 Å². The van der Waals surface area contributed by atoms with E-state index in [1.807, 2.05) is 0 Å². The molecule has 3 rings (SSSR count). The number of nitrogen functional groups attached to an aromatic ring is 1. The molecule has 1 saturated heterocycles. The van der Waals surface area contributed by atoms with Gasteiger partial charge in [-0.05, 0) is 25.1 Å². The lowest BCUT2D eigenvalue weighted by molar-refractivity contribution is -0.0810. The number of rotatable bonds is 1. The van der Waals surface area contributed by atoms with Crippen LogP contribution in [0.2, 0.25) is 0 Å². The summed E-state index contributed by atoms with van der Waals surface area (Å²) in [6.07, 6.45) is 0.280. The lowest BCUT2D eigenvalue weighted by atomic mass is 9.76. The Bertz CT molecular complexity index is 688. The average Bonchev–Trinajstić information content (AvgIpc) is 2.49. The summed E-state index contributed by atoms with van der Waals surface area (Å²) in [7, 11) is 0. The molecule has 2 aliphatic rings. The molecule has 24 heavy (non-hydrogen) atoms. The molecule has 2 heterocycles. The number of nitrogens with one attached hydrogen (secondary N) is 1. The third kappa shape index (κ3) is 3.14. The Labute approximate surface area is 138 Å². The molecule has 1 aromatic rings. The van der Waals surface area contributed by atoms with Gasteiger partial charge in [-0.2, -0.15) is 0 Å². The first-order valence-corrected chi connectivity index (χ1v) is 7.74. The summed E-state index contributed by atoms with van der Waals surface area (Å²) in [5.74, 6) is -0.436. The predicted octanol–water partition coefficient (Wildman–Crippen LogP) is 2.22. The molecular weight excluding hydrogens is 317 g/mol. The van der Waals surface area contributed by atoms with E-state index in [0.29, 0.717) is 43.7 Å². The van der Waals surface area contributed by atoms with Crippen LogP contribution in [0.25, 0.3) is 0 Å². The van der Waals surface area contributed by atoms with E-state index in [-0.39, 0.29) is 6.02 Å². The third-order valence-corrected chi connectivity index (χ3v) is 4.52. The van der Waals surface area contributed by atoms with Crippen LogP contribution in [0.1, 0.15) is 31.7 Å². The van der Waals surface area contributed by atoms with E-state index in [0.717, 1.165) is 0 Å². The number of carboxylic acid groups (broad SMARTS) is 1. The van der Waals surface area contributed by atoms with E-state index >= 15 is 0 Å². The number of hydrogen-bond donors (Lipinski definition) is 3. The summed E-state index contributed by atoms with van der Waals surface area (Å²) < 4.78 is 25.6. The normalized spacial score (nSPS) is 25.7. The van der Waals surface area contributed by atoms with Crippen molar-refractivity contribution in [3.05, 3.63) is 29.6 Å². The fourth-order valence-corrected chi connectivity index (χ4v) is 3.43. The molecule has 7 nitrogen and oxygen atoms in total. The lowest BCUT2D eigenvalue weighted by Gasteiger charge is -2.46. The number of nitrogens with zero attached hydrogens (tertiary/aromatic N) is 1. The molecule has 1 fully saturated rings. The minimum Gasteiger partial charge on any atom is -0.465 e. The summed E-state index contributed by atoms with van der Waals surface area (Å²) in [5, 5.41) is 11.2. The van der Waals surface area contributed by atoms with Gasteiger partial charge in [0.15, 0.2) is 0 Å². The highest BCUT2D eigenvalue weighted by Gasteiger charge is 2.48. The Kier molecular flexibility index (Phi) is 4.08. The smallest absolute Gasteiger partial charge is 0.412 e. The second-order valence-corrected chi connectivity index (χ2v) is 6.43. The number of amides is 1. The number of aliphatic imine (C=N–C) groups is 1. The predicted molar refractivity (Wildman–Crippen MR) is 85.2 cm³/mol. The van der Waals surface area contributed by atoms with Crippen LogP contribution in [0.4, 0.5) is 14.9 Å². The molecule has 2 aliphatic heterocycles. The van der Waals surface area contributed by atoms with Crippen molar-refractivity contribution in [3.8, 4) is 0 Å². The van der Waals surface area contributed by atoms with Gasteiger partial charge in [-0.15, -0.1) is 0 Å². The van der Waals surface area contributed by atoms with Crippen LogP contribution >= 0.6 is 0 Å². The maximum Gasteiger partial charge on any atom is 0.412 e. The summed E-state index contributed by atoms with van der Waals surface area (Å²) in [4.78, 5) is 15.4. The zero-order valence-electron chi connectivity index (χ0n) is 13.3. The number of halogens is 1. The van der Waals surface area contributed by atoms with E-state index in [4.69, 9.17) is 20.3 Å². The van der Waals surface area contributed by atoms with Gasteiger partial charge in [0, 0.05) is 30.5 Å². The first kappa shape index (κ1) is 16.5. The number of ether oxygens (including phenoxy) is 2. The number of nitrogens with two attached hydrogens (primary N) is 1. The van der Waals surface area contributed by atoms with E-state index in [2.05, 4.69) is 10.3 Å². The molecule has 4 N–H and O–H groups in total. The molecule has 1 atom stereocenters. The topological polar surface area (TPSA) is 106 Å². The largest absolute Gasteiger partial charge is 0.465 e. The van der Waals surface area contributed by atoms with E-state index in [1.54, 1.807) is 6.92 Å². The van der Waals surface area contributed by atoms with Crippen LogP contribution < -0.4 is 11.1 Å². The Morgan fingerprint density at radius 1 is 1.42 bits per heavy atom. The Morgan fingerprint density at radius 3 is 2.79 bits per heavy atom. The highest BCUT2D eigenvalue weighted by atomic mass is 19.1. The summed E-state index contributed by atoms with van der Waals surface area (Å²) in [5.41, 5.74) is 4.90. The maximum atomic E-state index is 14.4. The second-order valence-electron chi connectivity index (χ2n) is 6.43. The SMILES string of the molecule is CC1(c2cc(N)ccc2F)CC2(CCOCC2)OC(NC(=O)O)=N1. The first-order valence-electron chi connectivity index (χ1n) is 7.74. The molecular formula is C16H20FN3O4. The summed E-state index contributed by atoms with van der Waals surface area (Å²) >= 11 is 0. The lowest BCUT2D eigenvalue weighted by Crippen LogP contribution is -2.52. The number of hydrogen-bond acceptors (Lipinski definition) is 5. The van der Waals surface area contributed by atoms with Crippen molar-refractivity contribution >= 4 is 17.8 Å². The Hall–Kier alpha value is -2.35. The van der Waals surface area contributed by atoms with Crippen LogP contribution in [0.5, 0.6) is 0 Å². The molecule has 1 aromatic carbocycles. The fourth-order valence-electron chi connectivity index (χ4n) is 3.43. The van der Waals surface area contributed by atoms with Gasteiger partial charge in [0.2, 0.25) is 0 Å². The number of amidine groups is 1. The quantitative estimate of drug-likeness (QED) is 0.681. The molecule has 8 heteroatoms. The zero-order chi connectivity index (χ0) is 17.4. The van der Waals surface area contributed by atoms with Crippen molar-refractivity contribution in [2.45, 2.75) is 37.3 Å². The van der Waals surface area contributed by atoms with Gasteiger partial charge in [-0.3, -0.25) is 0 Å². The van der Waals surface area contributed by atoms with Crippen LogP contribution in [0.3, 0.4) is 0 Å². The van der Waals surface area contributed by atoms with E-state index in [9.17, 15) is 9.18 Å². The molecule has 1 spiro atoms. The van der Waals surface area contributed by atoms with Crippen molar-refractivity contribution in [3.63, 3.8) is 0 Å². The fraction of sp³-hybridized carbons (Fsp3) is 0.500. The van der Waals surface area contributed by atoms with E-state index < -0.39 is 23.1 Å². The molecule has 1 unspecified atom stereocenters. The summed E-state index contributed by atoms with van der Waals surface area (Å²) in [6, 6.07) is 4.18. The van der Waals surface area contributed by atoms with Gasteiger partial charge in [0.25, 0.3) is 6.02 Å². The van der Waals surface area contributed by atoms with Crippen molar-refractivity contribution in [2.24, 2.45) is 4.99 Å². The van der Waals surface area contributed by atoms with Gasteiger partial charge in [-0.25, -0.2) is 19.5 Å². The zero-order valence-corrected chi connectivity index (χ0v) is 13.3. The third-order valence-electron chi connectivity index (χ3n) is 4.52. The molecule has 130 valence electrons. The van der Waals surface area contributed by atoms with Crippen LogP contribution in [-0.4, -0.2) is 36.0 Å². The van der Waals surface area contributed by atoms with Crippen molar-refractivity contribution in [1.82, 2.24) is 5.32 Å². The van der Waals surface area contributed by atoms with E-state index in [1.165, 1.54) is 18.2 Å². The molecule has 0 bridgehead atoms. The van der Waals surface area contributed by atoms with Gasteiger partial charge in [0.1, 0.15) is 11.4 Å². The second kappa shape index (κ2) is 5.94. The van der Waals surface area contributed by atoms with Gasteiger partial charge in [0.05, 0.1) is 18.8 Å². The average molecular weight is 337 g/mol.